The standard InChI is InChI=1S/C59H81N9O27S3/c1-33-24-82-48(21-40(33)79-25-37-15-9-6-10-16-37)93-55-35(3)52(64-67-61)58(91-46(55)31-86-97(72,73)74)88-44-29-84-50(23-42(44)81-27-39-19-13-8-14-20-39)95-56-36(4)53(65-68-62)59(92-47(56)32-87-98(75,76)77)89-43-28-83-49(22-41(43)80-26-38-17-11-7-12-18-38)94-54-34(2)51(63-66-60)57(78-5)90-45(54)30-85-96(69,70)71/h6-20,33-36,40-59H,21-32H2,1-5H3,(H,69,70,71)(H,72,73,74)(H,75,76,77)/t33-,34-,35-,36-,40+,41+,42+,43?,44+,45?,46?,47?,48+,49+,50+,51?,52?,53?,54+,55+,56+,57?,58-,59+/m1/s1. The fourth-order valence-electron chi connectivity index (χ4n) is 12.5. The quantitative estimate of drug-likeness (QED) is 0.0251. The minimum Gasteiger partial charge on any atom is -0.373 e. The van der Waals surface area contributed by atoms with Crippen LogP contribution < -0.4 is 0 Å². The Hall–Kier alpha value is -5.40. The molecule has 3 aromatic rings. The van der Waals surface area contributed by atoms with Gasteiger partial charge in [-0.15, -0.1) is 0 Å². The summed E-state index contributed by atoms with van der Waals surface area (Å²) in [4.78, 5) is 9.12. The molecule has 3 aromatic carbocycles. The molecule has 0 radical (unpaired) electrons. The van der Waals surface area contributed by atoms with E-state index in [1.165, 1.54) is 7.11 Å². The topological polar surface area (TPSA) is 476 Å². The Morgan fingerprint density at radius 2 is 0.745 bits per heavy atom. The van der Waals surface area contributed by atoms with Crippen LogP contribution in [0, 0.1) is 23.7 Å². The van der Waals surface area contributed by atoms with Crippen molar-refractivity contribution in [1.29, 1.82) is 0 Å². The van der Waals surface area contributed by atoms with Crippen LogP contribution in [0.5, 0.6) is 0 Å². The van der Waals surface area contributed by atoms with Crippen LogP contribution >= 0.6 is 0 Å². The molecule has 542 valence electrons. The summed E-state index contributed by atoms with van der Waals surface area (Å²) >= 11 is 0. The summed E-state index contributed by atoms with van der Waals surface area (Å²) in [5, 5.41) is 12.0. The molecule has 24 atom stereocenters. The molecule has 6 aliphatic heterocycles. The highest BCUT2D eigenvalue weighted by molar-refractivity contribution is 7.81. The van der Waals surface area contributed by atoms with Crippen molar-refractivity contribution >= 4 is 31.2 Å². The van der Waals surface area contributed by atoms with Gasteiger partial charge in [0, 0.05) is 47.0 Å². The van der Waals surface area contributed by atoms with E-state index in [1.807, 2.05) is 73.7 Å². The second kappa shape index (κ2) is 36.0. The van der Waals surface area contributed by atoms with Gasteiger partial charge in [-0.2, -0.15) is 25.3 Å². The lowest BCUT2D eigenvalue weighted by molar-refractivity contribution is -0.343. The van der Waals surface area contributed by atoms with E-state index >= 15 is 0 Å². The molecule has 98 heavy (non-hydrogen) atoms. The lowest BCUT2D eigenvalue weighted by Crippen LogP contribution is -2.60. The summed E-state index contributed by atoms with van der Waals surface area (Å²) in [6.45, 7) is 4.38. The van der Waals surface area contributed by atoms with Crippen LogP contribution in [-0.4, -0.2) is 209 Å². The van der Waals surface area contributed by atoms with E-state index < -0.39 is 186 Å². The average molecular weight is 1440 g/mol. The first-order valence-electron chi connectivity index (χ1n) is 31.5. The number of rotatable bonds is 32. The lowest BCUT2D eigenvalue weighted by Gasteiger charge is -2.48. The summed E-state index contributed by atoms with van der Waals surface area (Å²) in [7, 11) is -13.9. The SMILES string of the molecule is COC1OC(COS(=O)(=O)O)[C@@H](O[C@H]2C[C@H](OCc3ccccc3)C(O[C@H]3OC(COS(=O)(=O)O)[C@@H](O[C@H]4C[C@H](OCc5ccccc5)[C@@H](O[C@@H]5OC(COS(=O)(=O)O)[C@@H](O[C@H]6C[C@H](OCc7ccccc7)[C@H](C)CO6)[C@H](C)C5N=[N+]=[N-])CO4)[C@H](C)C3N=[N+]=[N-])CO2)[C@H](C)C1N=[N+]=[N-]. The Bertz CT molecular complexity index is 3500. The van der Waals surface area contributed by atoms with Gasteiger partial charge in [-0.1, -0.05) is 134 Å². The van der Waals surface area contributed by atoms with E-state index in [9.17, 15) is 55.5 Å². The number of hydrogen-bond acceptors (Lipinski definition) is 27. The van der Waals surface area contributed by atoms with Crippen molar-refractivity contribution in [1.82, 2.24) is 0 Å². The van der Waals surface area contributed by atoms with Gasteiger partial charge in [0.25, 0.3) is 0 Å². The summed E-state index contributed by atoms with van der Waals surface area (Å²) in [5.74, 6) is -2.57. The normalized spacial score (nSPS) is 35.6. The fraction of sp³-hybridized carbons (Fsp3) is 0.695. The number of methoxy groups -OCH3 is 1. The molecule has 6 aliphatic rings. The van der Waals surface area contributed by atoms with Gasteiger partial charge in [-0.05, 0) is 51.0 Å². The van der Waals surface area contributed by atoms with Crippen molar-refractivity contribution in [2.24, 2.45) is 39.0 Å². The third kappa shape index (κ3) is 22.1. The zero-order valence-corrected chi connectivity index (χ0v) is 56.3. The fourth-order valence-corrected chi connectivity index (χ4v) is 13.4. The summed E-state index contributed by atoms with van der Waals surface area (Å²) in [5.41, 5.74) is 32.0. The highest BCUT2D eigenvalue weighted by atomic mass is 32.3. The van der Waals surface area contributed by atoms with Gasteiger partial charge in [0.1, 0.15) is 30.5 Å². The Morgan fingerprint density at radius 3 is 1.07 bits per heavy atom. The van der Waals surface area contributed by atoms with Crippen molar-refractivity contribution in [3.8, 4) is 0 Å². The smallest absolute Gasteiger partial charge is 0.373 e. The van der Waals surface area contributed by atoms with E-state index in [-0.39, 0.29) is 64.3 Å². The Labute approximate surface area is 565 Å². The third-order valence-corrected chi connectivity index (χ3v) is 18.9. The van der Waals surface area contributed by atoms with Crippen molar-refractivity contribution in [2.75, 3.05) is 46.8 Å². The van der Waals surface area contributed by atoms with Crippen molar-refractivity contribution < 1.29 is 123 Å². The molecular formula is C59H81N9O27S3. The maximum atomic E-state index is 12.3. The van der Waals surface area contributed by atoms with Gasteiger partial charge in [0.2, 0.25) is 0 Å². The molecule has 8 unspecified atom stereocenters. The number of azide groups is 3. The molecule has 36 nitrogen and oxygen atoms in total. The van der Waals surface area contributed by atoms with E-state index in [4.69, 9.17) is 83.6 Å². The zero-order valence-electron chi connectivity index (χ0n) is 53.9. The number of ether oxygens (including phenoxy) is 15. The summed E-state index contributed by atoms with van der Waals surface area (Å²) in [6, 6.07) is 24.2. The van der Waals surface area contributed by atoms with Crippen LogP contribution in [0.2, 0.25) is 0 Å². The van der Waals surface area contributed by atoms with Gasteiger partial charge >= 0.3 is 31.2 Å². The Kier molecular flexibility index (Phi) is 28.2. The second-order valence-corrected chi connectivity index (χ2v) is 27.6. The first kappa shape index (κ1) is 76.8. The third-order valence-electron chi connectivity index (χ3n) is 17.6. The van der Waals surface area contributed by atoms with Crippen LogP contribution in [0.15, 0.2) is 106 Å². The van der Waals surface area contributed by atoms with Gasteiger partial charge in [-0.3, -0.25) is 13.7 Å². The number of hydrogen-bond donors (Lipinski definition) is 3. The van der Waals surface area contributed by atoms with Crippen molar-refractivity contribution in [3.63, 3.8) is 0 Å². The highest BCUT2D eigenvalue weighted by Gasteiger charge is 2.53. The van der Waals surface area contributed by atoms with Crippen LogP contribution in [0.3, 0.4) is 0 Å². The van der Waals surface area contributed by atoms with Gasteiger partial charge in [0.15, 0.2) is 37.7 Å². The number of nitrogens with zero attached hydrogens (tertiary/aromatic N) is 9. The zero-order chi connectivity index (χ0) is 70.2. The van der Waals surface area contributed by atoms with Crippen LogP contribution in [0.25, 0.3) is 31.3 Å². The maximum Gasteiger partial charge on any atom is 0.397 e. The van der Waals surface area contributed by atoms with Gasteiger partial charge in [-0.25, -0.2) is 12.5 Å². The van der Waals surface area contributed by atoms with Crippen molar-refractivity contribution in [2.45, 2.75) is 190 Å². The summed E-state index contributed by atoms with van der Waals surface area (Å²) < 4.78 is 211. The van der Waals surface area contributed by atoms with Crippen LogP contribution in [0.1, 0.15) is 63.6 Å². The summed E-state index contributed by atoms with van der Waals surface area (Å²) in [6.07, 6.45) is -19.5. The number of benzene rings is 3. The van der Waals surface area contributed by atoms with Crippen LogP contribution in [-0.2, 0) is 135 Å². The molecule has 9 rings (SSSR count). The Balaban J connectivity index is 0.929. The Morgan fingerprint density at radius 1 is 0.439 bits per heavy atom. The molecule has 6 saturated heterocycles. The second-order valence-electron chi connectivity index (χ2n) is 24.3. The molecule has 6 fully saturated rings. The predicted molar refractivity (Wildman–Crippen MR) is 333 cm³/mol. The molecule has 0 amide bonds. The molecule has 0 aromatic heterocycles. The maximum absolute atomic E-state index is 12.3. The van der Waals surface area contributed by atoms with E-state index in [0.29, 0.717) is 6.61 Å². The first-order chi connectivity index (χ1) is 46.9. The minimum atomic E-state index is -5.16. The molecule has 0 saturated carbocycles. The minimum absolute atomic E-state index is 0.00346. The van der Waals surface area contributed by atoms with Crippen molar-refractivity contribution in [3.05, 3.63) is 139 Å². The van der Waals surface area contributed by atoms with E-state index in [0.717, 1.165) is 16.7 Å². The van der Waals surface area contributed by atoms with E-state index in [2.05, 4.69) is 30.1 Å². The monoisotopic (exact) mass is 1440 g/mol. The van der Waals surface area contributed by atoms with Gasteiger partial charge < -0.3 is 71.1 Å². The molecule has 0 bridgehead atoms. The molecule has 6 heterocycles. The molecule has 3 N–H and O–H groups in total. The predicted octanol–water partition coefficient (Wildman–Crippen LogP) is 6.77. The lowest BCUT2D eigenvalue weighted by atomic mass is 9.88. The molecular weight excluding hydrogens is 1360 g/mol. The molecule has 39 heteroatoms. The molecule has 0 aliphatic carbocycles. The molecule has 0 spiro atoms. The highest BCUT2D eigenvalue weighted by Crippen LogP contribution is 2.41. The van der Waals surface area contributed by atoms with Crippen LogP contribution in [0.4, 0.5) is 0 Å². The average Bonchev–Trinajstić information content (AvgIpc) is 0.792. The van der Waals surface area contributed by atoms with Gasteiger partial charge in [0.05, 0.1) is 114 Å². The first-order valence-corrected chi connectivity index (χ1v) is 35.5. The largest absolute Gasteiger partial charge is 0.397 e. The van der Waals surface area contributed by atoms with E-state index in [1.54, 1.807) is 45.0 Å².